The second kappa shape index (κ2) is 5.56. The predicted octanol–water partition coefficient (Wildman–Crippen LogP) is 1.02. The minimum Gasteiger partial charge on any atom is -0.370 e. The fourth-order valence-electron chi connectivity index (χ4n) is 6.08. The molecule has 6 aliphatic rings. The van der Waals surface area contributed by atoms with Crippen molar-refractivity contribution in [1.82, 2.24) is 0 Å². The molecule has 4 saturated heterocycles. The van der Waals surface area contributed by atoms with Gasteiger partial charge in [-0.1, -0.05) is 0 Å². The van der Waals surface area contributed by atoms with Crippen molar-refractivity contribution in [2.24, 2.45) is 23.7 Å². The number of benzene rings is 1. The topological polar surface area (TPSA) is 99.8 Å². The lowest BCUT2D eigenvalue weighted by Gasteiger charge is -2.18. The molecule has 4 heterocycles. The number of fused-ring (bicyclic) bond motifs is 4. The van der Waals surface area contributed by atoms with E-state index in [4.69, 9.17) is 9.47 Å². The van der Waals surface area contributed by atoms with Crippen molar-refractivity contribution in [3.05, 3.63) is 24.3 Å². The molecule has 0 N–H and O–H groups in total. The number of epoxide rings is 2. The van der Waals surface area contributed by atoms with Crippen LogP contribution in [0.5, 0.6) is 0 Å². The average molecular weight is 408 g/mol. The summed E-state index contributed by atoms with van der Waals surface area (Å²) in [6, 6.07) is 6.62. The van der Waals surface area contributed by atoms with Gasteiger partial charge in [-0.25, -0.2) is 0 Å². The highest BCUT2D eigenvalue weighted by molar-refractivity contribution is 6.23. The molecule has 8 atom stereocenters. The molecule has 8 nitrogen and oxygen atoms in total. The van der Waals surface area contributed by atoms with Gasteiger partial charge in [0.25, 0.3) is 0 Å². The third-order valence-electron chi connectivity index (χ3n) is 7.81. The number of amides is 4. The van der Waals surface area contributed by atoms with Crippen LogP contribution in [0, 0.1) is 23.7 Å². The quantitative estimate of drug-likeness (QED) is 0.535. The van der Waals surface area contributed by atoms with Crippen LogP contribution in [0.2, 0.25) is 0 Å². The lowest BCUT2D eigenvalue weighted by Crippen LogP contribution is -2.32. The van der Waals surface area contributed by atoms with Gasteiger partial charge in [-0.15, -0.1) is 0 Å². The van der Waals surface area contributed by atoms with E-state index in [0.717, 1.165) is 0 Å². The molecule has 1 aromatic rings. The number of ether oxygens (including phenoxy) is 2. The number of rotatable bonds is 2. The largest absolute Gasteiger partial charge is 0.370 e. The van der Waals surface area contributed by atoms with Crippen molar-refractivity contribution in [2.75, 3.05) is 9.80 Å². The van der Waals surface area contributed by atoms with Gasteiger partial charge in [-0.2, -0.15) is 0 Å². The highest BCUT2D eigenvalue weighted by Gasteiger charge is 2.60. The molecule has 0 radical (unpaired) electrons. The molecule has 30 heavy (non-hydrogen) atoms. The maximum atomic E-state index is 12.9. The van der Waals surface area contributed by atoms with Crippen molar-refractivity contribution < 1.29 is 28.7 Å². The van der Waals surface area contributed by atoms with Crippen LogP contribution in [-0.4, -0.2) is 48.0 Å². The Hall–Kier alpha value is -2.58. The van der Waals surface area contributed by atoms with E-state index >= 15 is 0 Å². The van der Waals surface area contributed by atoms with Crippen LogP contribution < -0.4 is 9.80 Å². The van der Waals surface area contributed by atoms with Crippen LogP contribution in [-0.2, 0) is 28.7 Å². The maximum Gasteiger partial charge on any atom is 0.237 e. The molecule has 4 aliphatic heterocycles. The van der Waals surface area contributed by atoms with Crippen molar-refractivity contribution in [3.8, 4) is 0 Å². The second-order valence-corrected chi connectivity index (χ2v) is 9.33. The van der Waals surface area contributed by atoms with Gasteiger partial charge in [0.05, 0.1) is 59.5 Å². The number of carbonyl (C=O) groups is 4. The molecule has 2 aliphatic carbocycles. The third-order valence-corrected chi connectivity index (χ3v) is 7.81. The zero-order valence-corrected chi connectivity index (χ0v) is 16.1. The van der Waals surface area contributed by atoms with Crippen LogP contribution in [0.3, 0.4) is 0 Å². The summed E-state index contributed by atoms with van der Waals surface area (Å²) in [6.45, 7) is 0. The smallest absolute Gasteiger partial charge is 0.237 e. The summed E-state index contributed by atoms with van der Waals surface area (Å²) in [5.74, 6) is -1.93. The van der Waals surface area contributed by atoms with Gasteiger partial charge < -0.3 is 9.47 Å². The summed E-state index contributed by atoms with van der Waals surface area (Å²) in [5, 5.41) is 0. The molecule has 0 spiro atoms. The van der Waals surface area contributed by atoms with Crippen LogP contribution in [0.15, 0.2) is 24.3 Å². The first-order valence-electron chi connectivity index (χ1n) is 10.7. The van der Waals surface area contributed by atoms with E-state index in [0.29, 0.717) is 37.1 Å². The van der Waals surface area contributed by atoms with Gasteiger partial charge in [-0.3, -0.25) is 29.0 Å². The SMILES string of the molecule is O=C1C2CC3OC3CC2C(=O)N1c1ccc(N2C(=O)C3CC4OC4CC3C2=O)cc1. The average Bonchev–Trinajstić information content (AvgIpc) is 3.64. The number of nitrogens with zero attached hydrogens (tertiary/aromatic N) is 2. The molecule has 7 rings (SSSR count). The number of anilines is 2. The van der Waals surface area contributed by atoms with E-state index in [2.05, 4.69) is 0 Å². The molecular formula is C22H20N2O6. The van der Waals surface area contributed by atoms with Gasteiger partial charge >= 0.3 is 0 Å². The Morgan fingerprint density at radius 2 is 0.800 bits per heavy atom. The van der Waals surface area contributed by atoms with Gasteiger partial charge in [0, 0.05) is 0 Å². The molecular weight excluding hydrogens is 388 g/mol. The van der Waals surface area contributed by atoms with Crippen molar-refractivity contribution in [1.29, 1.82) is 0 Å². The summed E-state index contributed by atoms with van der Waals surface area (Å²) in [6.07, 6.45) is 2.93. The summed E-state index contributed by atoms with van der Waals surface area (Å²) in [4.78, 5) is 54.1. The monoisotopic (exact) mass is 408 g/mol. The van der Waals surface area contributed by atoms with E-state index in [1.165, 1.54) is 9.80 Å². The summed E-state index contributed by atoms with van der Waals surface area (Å²) in [5.41, 5.74) is 0.979. The van der Waals surface area contributed by atoms with E-state index in [9.17, 15) is 19.2 Å². The van der Waals surface area contributed by atoms with E-state index in [1.807, 2.05) is 0 Å². The van der Waals surface area contributed by atoms with Crippen molar-refractivity contribution in [2.45, 2.75) is 50.1 Å². The Morgan fingerprint density at radius 1 is 0.533 bits per heavy atom. The van der Waals surface area contributed by atoms with Crippen molar-refractivity contribution >= 4 is 35.0 Å². The number of hydrogen-bond donors (Lipinski definition) is 0. The Labute approximate surface area is 172 Å². The lowest BCUT2D eigenvalue weighted by atomic mass is 9.81. The summed E-state index contributed by atoms with van der Waals surface area (Å²) in [7, 11) is 0. The van der Waals surface area contributed by atoms with Crippen LogP contribution in [0.25, 0.3) is 0 Å². The zero-order valence-electron chi connectivity index (χ0n) is 16.1. The molecule has 1 aromatic carbocycles. The van der Waals surface area contributed by atoms with E-state index < -0.39 is 0 Å². The predicted molar refractivity (Wildman–Crippen MR) is 101 cm³/mol. The van der Waals surface area contributed by atoms with Gasteiger partial charge in [0.2, 0.25) is 23.6 Å². The highest BCUT2D eigenvalue weighted by atomic mass is 16.6. The van der Waals surface area contributed by atoms with Gasteiger partial charge in [0.1, 0.15) is 0 Å². The molecule has 2 saturated carbocycles. The minimum absolute atomic E-state index is 0.123. The van der Waals surface area contributed by atoms with E-state index in [1.54, 1.807) is 24.3 Å². The number of hydrogen-bond acceptors (Lipinski definition) is 6. The van der Waals surface area contributed by atoms with Crippen LogP contribution >= 0.6 is 0 Å². The standard InChI is InChI=1S/C22H20N2O6/c25-19-11-5-15-16(29-15)6-12(11)20(26)23(19)9-1-2-10(4-3-9)24-21(27)13-7-17-18(30-17)8-14(13)22(24)28/h1-4,11-18H,5-8H2. The first-order valence-corrected chi connectivity index (χ1v) is 10.7. The third kappa shape index (κ3) is 2.18. The fourth-order valence-corrected chi connectivity index (χ4v) is 6.08. The minimum atomic E-state index is -0.306. The molecule has 0 aromatic heterocycles. The Morgan fingerprint density at radius 3 is 1.07 bits per heavy atom. The summed E-state index contributed by atoms with van der Waals surface area (Å²) < 4.78 is 11.0. The van der Waals surface area contributed by atoms with Gasteiger partial charge in [0.15, 0.2) is 0 Å². The molecule has 8 heteroatoms. The van der Waals surface area contributed by atoms with Gasteiger partial charge in [-0.05, 0) is 49.9 Å². The maximum absolute atomic E-state index is 12.9. The lowest BCUT2D eigenvalue weighted by molar-refractivity contribution is -0.124. The zero-order chi connectivity index (χ0) is 20.3. The van der Waals surface area contributed by atoms with E-state index in [-0.39, 0.29) is 71.7 Å². The molecule has 4 amide bonds. The molecule has 0 bridgehead atoms. The first-order chi connectivity index (χ1) is 14.5. The highest BCUT2D eigenvalue weighted by Crippen LogP contribution is 2.49. The number of carbonyl (C=O) groups excluding carboxylic acids is 4. The first kappa shape index (κ1) is 17.1. The van der Waals surface area contributed by atoms with Crippen molar-refractivity contribution in [3.63, 3.8) is 0 Å². The molecule has 6 fully saturated rings. The van der Waals surface area contributed by atoms with Crippen LogP contribution in [0.4, 0.5) is 11.4 Å². The second-order valence-electron chi connectivity index (χ2n) is 9.33. The summed E-state index contributed by atoms with van der Waals surface area (Å²) >= 11 is 0. The number of imide groups is 2. The normalized spacial score (nSPS) is 43.3. The Bertz CT molecular complexity index is 884. The fraction of sp³-hybridized carbons (Fsp3) is 0.545. The molecule has 8 unspecified atom stereocenters. The molecule has 154 valence electrons. The Kier molecular flexibility index (Phi) is 3.18. The van der Waals surface area contributed by atoms with Crippen LogP contribution in [0.1, 0.15) is 25.7 Å². The Balaban J connectivity index is 1.15.